The fourth-order valence-electron chi connectivity index (χ4n) is 3.04. The molecule has 0 aromatic carbocycles. The number of hydrogen-bond acceptors (Lipinski definition) is 2. The molecule has 2 unspecified atom stereocenters. The smallest absolute Gasteiger partial charge is 0.0465 e. The molecule has 1 fully saturated rings. The second-order valence-corrected chi connectivity index (χ2v) is 5.24. The van der Waals surface area contributed by atoms with E-state index in [9.17, 15) is 0 Å². The average molecular weight is 227 g/mol. The number of hydrogen-bond donors (Lipinski definition) is 1. The van der Waals surface area contributed by atoms with E-state index in [0.29, 0.717) is 6.04 Å². The van der Waals surface area contributed by atoms with Gasteiger partial charge in [0.1, 0.15) is 0 Å². The average Bonchev–Trinajstić information content (AvgIpc) is 2.34. The molecular formula is C14H29NO. The van der Waals surface area contributed by atoms with Gasteiger partial charge in [0.25, 0.3) is 0 Å². The third kappa shape index (κ3) is 4.42. The van der Waals surface area contributed by atoms with Crippen LogP contribution in [-0.2, 0) is 4.74 Å². The third-order valence-electron chi connectivity index (χ3n) is 3.99. The van der Waals surface area contributed by atoms with Crippen molar-refractivity contribution in [2.24, 2.45) is 11.8 Å². The maximum absolute atomic E-state index is 5.20. The number of nitrogens with one attached hydrogen (secondary N) is 1. The fourth-order valence-corrected chi connectivity index (χ4v) is 3.04. The van der Waals surface area contributed by atoms with Gasteiger partial charge in [0, 0.05) is 19.8 Å². The molecule has 1 aliphatic rings. The molecule has 1 N–H and O–H groups in total. The highest BCUT2D eigenvalue weighted by molar-refractivity contribution is 4.83. The molecule has 0 aromatic heterocycles. The molecule has 0 amide bonds. The van der Waals surface area contributed by atoms with Crippen molar-refractivity contribution in [3.8, 4) is 0 Å². The van der Waals surface area contributed by atoms with Gasteiger partial charge in [0.15, 0.2) is 0 Å². The Morgan fingerprint density at radius 2 is 1.94 bits per heavy atom. The first-order chi connectivity index (χ1) is 7.79. The van der Waals surface area contributed by atoms with Crippen LogP contribution in [0, 0.1) is 11.8 Å². The lowest BCUT2D eigenvalue weighted by Gasteiger charge is -2.35. The van der Waals surface area contributed by atoms with E-state index < -0.39 is 0 Å². The molecule has 0 spiro atoms. The van der Waals surface area contributed by atoms with Crippen LogP contribution in [-0.4, -0.2) is 26.3 Å². The van der Waals surface area contributed by atoms with Gasteiger partial charge in [-0.3, -0.25) is 0 Å². The minimum absolute atomic E-state index is 0.709. The van der Waals surface area contributed by atoms with E-state index in [4.69, 9.17) is 4.74 Å². The van der Waals surface area contributed by atoms with Crippen molar-refractivity contribution in [1.82, 2.24) is 5.32 Å². The first-order valence-corrected chi connectivity index (χ1v) is 7.02. The highest BCUT2D eigenvalue weighted by atomic mass is 16.5. The van der Waals surface area contributed by atoms with E-state index in [2.05, 4.69) is 19.2 Å². The third-order valence-corrected chi connectivity index (χ3v) is 3.99. The predicted octanol–water partition coefficient (Wildman–Crippen LogP) is 3.22. The van der Waals surface area contributed by atoms with Gasteiger partial charge in [-0.1, -0.05) is 33.1 Å². The summed E-state index contributed by atoms with van der Waals surface area (Å²) in [7, 11) is 1.80. The van der Waals surface area contributed by atoms with Gasteiger partial charge in [-0.15, -0.1) is 0 Å². The number of ether oxygens (including phenoxy) is 1. The summed E-state index contributed by atoms with van der Waals surface area (Å²) >= 11 is 0. The maximum atomic E-state index is 5.20. The molecule has 0 aromatic rings. The van der Waals surface area contributed by atoms with Gasteiger partial charge in [-0.2, -0.15) is 0 Å². The SMILES string of the molecule is CCNC(C(C)CCOC)C1CCCCC1. The molecule has 96 valence electrons. The Kier molecular flexibility index (Phi) is 7.06. The van der Waals surface area contributed by atoms with Crippen LogP contribution in [0.25, 0.3) is 0 Å². The van der Waals surface area contributed by atoms with Gasteiger partial charge in [0.05, 0.1) is 0 Å². The lowest BCUT2D eigenvalue weighted by molar-refractivity contribution is 0.148. The van der Waals surface area contributed by atoms with Gasteiger partial charge in [0.2, 0.25) is 0 Å². The van der Waals surface area contributed by atoms with Crippen LogP contribution >= 0.6 is 0 Å². The molecule has 2 atom stereocenters. The van der Waals surface area contributed by atoms with Gasteiger partial charge in [-0.05, 0) is 37.6 Å². The van der Waals surface area contributed by atoms with Crippen LogP contribution in [0.2, 0.25) is 0 Å². The summed E-state index contributed by atoms with van der Waals surface area (Å²) in [6, 6.07) is 0.709. The van der Waals surface area contributed by atoms with E-state index in [1.165, 1.54) is 38.5 Å². The topological polar surface area (TPSA) is 21.3 Å². The zero-order chi connectivity index (χ0) is 11.8. The summed E-state index contributed by atoms with van der Waals surface area (Å²) in [5.74, 6) is 1.64. The van der Waals surface area contributed by atoms with Crippen molar-refractivity contribution in [3.05, 3.63) is 0 Å². The normalized spacial score (nSPS) is 21.9. The minimum atomic E-state index is 0.709. The van der Waals surface area contributed by atoms with Gasteiger partial charge < -0.3 is 10.1 Å². The Bertz CT molecular complexity index is 166. The molecule has 0 aliphatic heterocycles. The monoisotopic (exact) mass is 227 g/mol. The molecule has 16 heavy (non-hydrogen) atoms. The largest absolute Gasteiger partial charge is 0.385 e. The molecule has 1 rings (SSSR count). The summed E-state index contributed by atoms with van der Waals surface area (Å²) in [6.07, 6.45) is 8.35. The van der Waals surface area contributed by atoms with Crippen molar-refractivity contribution in [3.63, 3.8) is 0 Å². The van der Waals surface area contributed by atoms with Crippen LogP contribution < -0.4 is 5.32 Å². The first-order valence-electron chi connectivity index (χ1n) is 7.02. The molecule has 0 radical (unpaired) electrons. The first kappa shape index (κ1) is 14.0. The summed E-state index contributed by atoms with van der Waals surface area (Å²) in [4.78, 5) is 0. The summed E-state index contributed by atoms with van der Waals surface area (Å²) in [6.45, 7) is 6.59. The molecule has 2 nitrogen and oxygen atoms in total. The Morgan fingerprint density at radius 3 is 2.50 bits per heavy atom. The molecule has 0 heterocycles. The lowest BCUT2D eigenvalue weighted by atomic mass is 9.78. The quantitative estimate of drug-likeness (QED) is 0.721. The Labute approximate surface area is 101 Å². The van der Waals surface area contributed by atoms with E-state index in [1.54, 1.807) is 7.11 Å². The number of rotatable bonds is 7. The maximum Gasteiger partial charge on any atom is 0.0465 e. The highest BCUT2D eigenvalue weighted by Crippen LogP contribution is 2.30. The second kappa shape index (κ2) is 8.08. The van der Waals surface area contributed by atoms with E-state index in [0.717, 1.165) is 25.0 Å². The Hall–Kier alpha value is -0.0800. The number of methoxy groups -OCH3 is 1. The van der Waals surface area contributed by atoms with Crippen molar-refractivity contribution < 1.29 is 4.74 Å². The van der Waals surface area contributed by atoms with Crippen LogP contribution in [0.3, 0.4) is 0 Å². The zero-order valence-electron chi connectivity index (χ0n) is 11.3. The second-order valence-electron chi connectivity index (χ2n) is 5.24. The van der Waals surface area contributed by atoms with Crippen molar-refractivity contribution in [2.75, 3.05) is 20.3 Å². The van der Waals surface area contributed by atoms with E-state index >= 15 is 0 Å². The zero-order valence-corrected chi connectivity index (χ0v) is 11.3. The summed E-state index contributed by atoms with van der Waals surface area (Å²) in [5.41, 5.74) is 0. The summed E-state index contributed by atoms with van der Waals surface area (Å²) < 4.78 is 5.20. The van der Waals surface area contributed by atoms with Crippen molar-refractivity contribution >= 4 is 0 Å². The Morgan fingerprint density at radius 1 is 1.25 bits per heavy atom. The molecule has 0 saturated heterocycles. The molecule has 1 saturated carbocycles. The van der Waals surface area contributed by atoms with Crippen molar-refractivity contribution in [2.45, 2.75) is 58.4 Å². The van der Waals surface area contributed by atoms with Crippen LogP contribution in [0.15, 0.2) is 0 Å². The van der Waals surface area contributed by atoms with Crippen LogP contribution in [0.1, 0.15) is 52.4 Å². The Balaban J connectivity index is 2.43. The predicted molar refractivity (Wildman–Crippen MR) is 69.7 cm³/mol. The van der Waals surface area contributed by atoms with Crippen molar-refractivity contribution in [1.29, 1.82) is 0 Å². The fraction of sp³-hybridized carbons (Fsp3) is 1.00. The molecule has 0 bridgehead atoms. The summed E-state index contributed by atoms with van der Waals surface area (Å²) in [5, 5.41) is 3.71. The van der Waals surface area contributed by atoms with E-state index in [1.807, 2.05) is 0 Å². The van der Waals surface area contributed by atoms with E-state index in [-0.39, 0.29) is 0 Å². The van der Waals surface area contributed by atoms with Crippen LogP contribution in [0.5, 0.6) is 0 Å². The highest BCUT2D eigenvalue weighted by Gasteiger charge is 2.26. The standard InChI is InChI=1S/C14H29NO/c1-4-15-14(12(2)10-11-16-3)13-8-6-5-7-9-13/h12-15H,4-11H2,1-3H3. The minimum Gasteiger partial charge on any atom is -0.385 e. The molecule has 1 aliphatic carbocycles. The molecular weight excluding hydrogens is 198 g/mol. The van der Waals surface area contributed by atoms with Crippen LogP contribution in [0.4, 0.5) is 0 Å². The molecule has 2 heteroatoms. The van der Waals surface area contributed by atoms with Gasteiger partial charge >= 0.3 is 0 Å². The van der Waals surface area contributed by atoms with Gasteiger partial charge in [-0.25, -0.2) is 0 Å². The lowest BCUT2D eigenvalue weighted by Crippen LogP contribution is -2.42.